The smallest absolute Gasteiger partial charge is 0.147 e. The second-order valence-corrected chi connectivity index (χ2v) is 7.82. The number of phenolic OH excluding ortho intramolecular Hbond substituents is 1. The van der Waals surface area contributed by atoms with Crippen molar-refractivity contribution >= 4 is 16.6 Å². The zero-order chi connectivity index (χ0) is 21.1. The molecule has 0 saturated heterocycles. The molecule has 0 radical (unpaired) electrons. The maximum Gasteiger partial charge on any atom is 0.147 e. The summed E-state index contributed by atoms with van der Waals surface area (Å²) in [5.74, 6) is 0.737. The van der Waals surface area contributed by atoms with Crippen LogP contribution in [0, 0.1) is 6.92 Å². The lowest BCUT2D eigenvalue weighted by Gasteiger charge is -2.22. The van der Waals surface area contributed by atoms with Crippen molar-refractivity contribution in [2.75, 3.05) is 5.32 Å². The van der Waals surface area contributed by atoms with Crippen molar-refractivity contribution in [1.82, 2.24) is 9.97 Å². The number of anilines is 1. The van der Waals surface area contributed by atoms with Crippen LogP contribution < -0.4 is 5.32 Å². The van der Waals surface area contributed by atoms with Gasteiger partial charge in [0.1, 0.15) is 11.3 Å². The molecule has 0 saturated carbocycles. The molecular formula is C26H27N3O. The quantitative estimate of drug-likeness (QED) is 0.397. The predicted octanol–water partition coefficient (Wildman–Crippen LogP) is 6.36. The van der Waals surface area contributed by atoms with Crippen LogP contribution in [-0.4, -0.2) is 15.1 Å². The number of aromatic hydroxyl groups is 1. The van der Waals surface area contributed by atoms with Crippen molar-refractivity contribution in [3.8, 4) is 5.75 Å². The SMILES string of the molecule is CCC(C)c1ccc(NC(c2cccnc2)c2ccc3ccc(C)nc3c2O)cc1. The number of aryl methyl sites for hydroxylation is 1. The zero-order valence-corrected chi connectivity index (χ0v) is 17.6. The topological polar surface area (TPSA) is 58.0 Å². The van der Waals surface area contributed by atoms with E-state index in [-0.39, 0.29) is 11.8 Å². The second kappa shape index (κ2) is 8.54. The van der Waals surface area contributed by atoms with E-state index in [1.807, 2.05) is 49.5 Å². The van der Waals surface area contributed by atoms with Gasteiger partial charge in [0, 0.05) is 34.7 Å². The molecule has 2 unspecified atom stereocenters. The molecule has 4 aromatic rings. The highest BCUT2D eigenvalue weighted by molar-refractivity contribution is 5.86. The summed E-state index contributed by atoms with van der Waals surface area (Å²) in [7, 11) is 0. The van der Waals surface area contributed by atoms with E-state index in [9.17, 15) is 5.11 Å². The van der Waals surface area contributed by atoms with Gasteiger partial charge < -0.3 is 10.4 Å². The molecule has 152 valence electrons. The first-order chi connectivity index (χ1) is 14.6. The van der Waals surface area contributed by atoms with Gasteiger partial charge >= 0.3 is 0 Å². The third kappa shape index (κ3) is 3.99. The number of hydrogen-bond donors (Lipinski definition) is 2. The van der Waals surface area contributed by atoms with E-state index in [0.29, 0.717) is 11.4 Å². The molecule has 0 bridgehead atoms. The van der Waals surface area contributed by atoms with Gasteiger partial charge in [-0.1, -0.05) is 50.2 Å². The van der Waals surface area contributed by atoms with E-state index in [2.05, 4.69) is 53.4 Å². The fourth-order valence-electron chi connectivity index (χ4n) is 3.72. The second-order valence-electron chi connectivity index (χ2n) is 7.82. The summed E-state index contributed by atoms with van der Waals surface area (Å²) < 4.78 is 0. The Morgan fingerprint density at radius 3 is 2.43 bits per heavy atom. The first kappa shape index (κ1) is 19.9. The molecule has 2 aromatic carbocycles. The number of rotatable bonds is 6. The number of aromatic nitrogens is 2. The average molecular weight is 398 g/mol. The minimum atomic E-state index is -0.250. The Hall–Kier alpha value is -3.40. The molecule has 30 heavy (non-hydrogen) atoms. The molecule has 0 aliphatic carbocycles. The number of phenols is 1. The van der Waals surface area contributed by atoms with E-state index in [1.165, 1.54) is 5.56 Å². The lowest BCUT2D eigenvalue weighted by atomic mass is 9.96. The Bertz CT molecular complexity index is 1140. The van der Waals surface area contributed by atoms with Crippen LogP contribution in [0.3, 0.4) is 0 Å². The van der Waals surface area contributed by atoms with Gasteiger partial charge in [-0.2, -0.15) is 0 Å². The van der Waals surface area contributed by atoms with Crippen LogP contribution >= 0.6 is 0 Å². The van der Waals surface area contributed by atoms with Crippen LogP contribution in [0.5, 0.6) is 5.75 Å². The van der Waals surface area contributed by atoms with Crippen molar-refractivity contribution < 1.29 is 5.11 Å². The van der Waals surface area contributed by atoms with Crippen LogP contribution in [0.15, 0.2) is 73.1 Å². The lowest BCUT2D eigenvalue weighted by molar-refractivity contribution is 0.471. The van der Waals surface area contributed by atoms with E-state index in [0.717, 1.165) is 34.3 Å². The van der Waals surface area contributed by atoms with Gasteiger partial charge in [-0.15, -0.1) is 0 Å². The van der Waals surface area contributed by atoms with Crippen LogP contribution in [0.4, 0.5) is 5.69 Å². The first-order valence-electron chi connectivity index (χ1n) is 10.4. The van der Waals surface area contributed by atoms with Crippen molar-refractivity contribution in [2.45, 2.75) is 39.2 Å². The summed E-state index contributed by atoms with van der Waals surface area (Å²) in [6, 6.07) is 20.1. The summed E-state index contributed by atoms with van der Waals surface area (Å²) in [5.41, 5.74) is 5.57. The average Bonchev–Trinajstić information content (AvgIpc) is 2.79. The summed E-state index contributed by atoms with van der Waals surface area (Å²) in [6.07, 6.45) is 4.70. The van der Waals surface area contributed by atoms with Crippen LogP contribution in [-0.2, 0) is 0 Å². The summed E-state index contributed by atoms with van der Waals surface area (Å²) in [6.45, 7) is 6.37. The molecule has 2 heterocycles. The van der Waals surface area contributed by atoms with E-state index in [1.54, 1.807) is 6.20 Å². The highest BCUT2D eigenvalue weighted by Gasteiger charge is 2.20. The number of nitrogens with zero attached hydrogens (tertiary/aromatic N) is 2. The molecule has 4 nitrogen and oxygen atoms in total. The Labute approximate surface area is 177 Å². The maximum atomic E-state index is 11.1. The molecule has 4 rings (SSSR count). The number of pyridine rings is 2. The van der Waals surface area contributed by atoms with Crippen LogP contribution in [0.2, 0.25) is 0 Å². The molecule has 0 aliphatic rings. The number of hydrogen-bond acceptors (Lipinski definition) is 4. The summed E-state index contributed by atoms with van der Waals surface area (Å²) in [5, 5.41) is 15.6. The molecule has 0 spiro atoms. The standard InChI is InChI=1S/C26H27N3O/c1-4-17(2)19-9-12-22(13-10-19)29-24(21-6-5-15-27-16-21)23-14-11-20-8-7-18(3)28-25(20)26(23)30/h5-17,24,29-30H,4H2,1-3H3. The molecule has 4 heteroatoms. The predicted molar refractivity (Wildman–Crippen MR) is 123 cm³/mol. The Kier molecular flexibility index (Phi) is 5.66. The maximum absolute atomic E-state index is 11.1. The van der Waals surface area contributed by atoms with Gasteiger partial charge in [-0.25, -0.2) is 4.98 Å². The minimum absolute atomic E-state index is 0.203. The highest BCUT2D eigenvalue weighted by Crippen LogP contribution is 2.36. The molecule has 0 fully saturated rings. The summed E-state index contributed by atoms with van der Waals surface area (Å²) in [4.78, 5) is 8.86. The molecular weight excluding hydrogens is 370 g/mol. The lowest BCUT2D eigenvalue weighted by Crippen LogP contribution is -2.13. The zero-order valence-electron chi connectivity index (χ0n) is 17.6. The molecule has 2 aromatic heterocycles. The molecule has 2 atom stereocenters. The van der Waals surface area contributed by atoms with Crippen LogP contribution in [0.25, 0.3) is 10.9 Å². The Balaban J connectivity index is 1.76. The summed E-state index contributed by atoms with van der Waals surface area (Å²) >= 11 is 0. The number of benzene rings is 2. The minimum Gasteiger partial charge on any atom is -0.505 e. The van der Waals surface area contributed by atoms with Crippen molar-refractivity contribution in [3.63, 3.8) is 0 Å². The van der Waals surface area contributed by atoms with Gasteiger partial charge in [-0.05, 0) is 54.7 Å². The third-order valence-corrected chi connectivity index (χ3v) is 5.74. The fourth-order valence-corrected chi connectivity index (χ4v) is 3.72. The third-order valence-electron chi connectivity index (χ3n) is 5.74. The van der Waals surface area contributed by atoms with Gasteiger partial charge in [0.15, 0.2) is 0 Å². The molecule has 0 aliphatic heterocycles. The van der Waals surface area contributed by atoms with Gasteiger partial charge in [0.2, 0.25) is 0 Å². The largest absolute Gasteiger partial charge is 0.505 e. The Morgan fingerprint density at radius 2 is 1.73 bits per heavy atom. The first-order valence-corrected chi connectivity index (χ1v) is 10.4. The van der Waals surface area contributed by atoms with Crippen molar-refractivity contribution in [2.24, 2.45) is 0 Å². The van der Waals surface area contributed by atoms with E-state index < -0.39 is 0 Å². The molecule has 0 amide bonds. The molecule has 2 N–H and O–H groups in total. The van der Waals surface area contributed by atoms with Crippen molar-refractivity contribution in [3.05, 3.63) is 95.4 Å². The van der Waals surface area contributed by atoms with Crippen LogP contribution in [0.1, 0.15) is 54.6 Å². The van der Waals surface area contributed by atoms with Gasteiger partial charge in [-0.3, -0.25) is 4.98 Å². The number of fused-ring (bicyclic) bond motifs is 1. The monoisotopic (exact) mass is 397 g/mol. The van der Waals surface area contributed by atoms with Crippen molar-refractivity contribution in [1.29, 1.82) is 0 Å². The Morgan fingerprint density at radius 1 is 0.967 bits per heavy atom. The van der Waals surface area contributed by atoms with E-state index in [4.69, 9.17) is 0 Å². The van der Waals surface area contributed by atoms with E-state index >= 15 is 0 Å². The van der Waals surface area contributed by atoms with Gasteiger partial charge in [0.05, 0.1) is 6.04 Å². The number of nitrogens with one attached hydrogen (secondary N) is 1. The normalized spacial score (nSPS) is 13.2. The van der Waals surface area contributed by atoms with Gasteiger partial charge in [0.25, 0.3) is 0 Å². The fraction of sp³-hybridized carbons (Fsp3) is 0.231. The highest BCUT2D eigenvalue weighted by atomic mass is 16.3.